The molecular weight excluding hydrogens is 423 g/mol. The van der Waals surface area contributed by atoms with Crippen LogP contribution in [0.4, 0.5) is 0 Å². The van der Waals surface area contributed by atoms with Crippen LogP contribution in [0.25, 0.3) is 11.4 Å². The molecular formula is C32H39BN2. The van der Waals surface area contributed by atoms with Crippen LogP contribution in [-0.4, -0.2) is 16.3 Å². The summed E-state index contributed by atoms with van der Waals surface area (Å²) in [6, 6.07) is 31.5. The Morgan fingerprint density at radius 2 is 1.26 bits per heavy atom. The summed E-state index contributed by atoms with van der Waals surface area (Å²) in [6.45, 7) is 9.85. The maximum atomic E-state index is 4.48. The Balaban J connectivity index is 0.000000198. The third-order valence-electron chi connectivity index (χ3n) is 6.26. The fourth-order valence-electron chi connectivity index (χ4n) is 4.45. The Morgan fingerprint density at radius 3 is 1.80 bits per heavy atom. The molecule has 0 unspecified atom stereocenters. The average Bonchev–Trinajstić information content (AvgIpc) is 3.37. The number of allylic oxidation sites excluding steroid dienone is 1. The van der Waals surface area contributed by atoms with Gasteiger partial charge in [0.1, 0.15) is 5.82 Å². The number of imidazole rings is 1. The van der Waals surface area contributed by atoms with E-state index >= 15 is 0 Å². The third-order valence-corrected chi connectivity index (χ3v) is 6.26. The fourth-order valence-corrected chi connectivity index (χ4v) is 4.45. The molecule has 4 rings (SSSR count). The molecule has 0 aliphatic carbocycles. The predicted octanol–water partition coefficient (Wildman–Crippen LogP) is 7.32. The molecule has 180 valence electrons. The lowest BCUT2D eigenvalue weighted by atomic mass is 9.37. The molecule has 0 amide bonds. The number of rotatable bonds is 11. The fraction of sp³-hybridized carbons (Fsp3) is 0.281. The summed E-state index contributed by atoms with van der Waals surface area (Å²) in [4.78, 5) is 4.48. The lowest BCUT2D eigenvalue weighted by Gasteiger charge is -2.14. The molecule has 0 atom stereocenters. The predicted molar refractivity (Wildman–Crippen MR) is 154 cm³/mol. The number of hydrogen-bond donors (Lipinski definition) is 0. The molecule has 3 heteroatoms. The molecule has 1 heterocycles. The summed E-state index contributed by atoms with van der Waals surface area (Å²) in [7, 11) is 0. The molecule has 3 aromatic carbocycles. The van der Waals surface area contributed by atoms with Gasteiger partial charge in [-0.3, -0.25) is 0 Å². The van der Waals surface area contributed by atoms with Gasteiger partial charge in [-0.2, -0.15) is 0 Å². The Labute approximate surface area is 212 Å². The van der Waals surface area contributed by atoms with Gasteiger partial charge in [0.15, 0.2) is 0 Å². The van der Waals surface area contributed by atoms with Crippen molar-refractivity contribution in [2.75, 3.05) is 0 Å². The van der Waals surface area contributed by atoms with E-state index in [9.17, 15) is 0 Å². The number of benzene rings is 3. The molecule has 0 bridgehead atoms. The minimum atomic E-state index is 0.308. The summed E-state index contributed by atoms with van der Waals surface area (Å²) in [5, 5.41) is 0. The van der Waals surface area contributed by atoms with E-state index in [1.807, 2.05) is 24.4 Å². The van der Waals surface area contributed by atoms with Crippen LogP contribution in [-0.2, 0) is 6.54 Å². The monoisotopic (exact) mass is 462 g/mol. The van der Waals surface area contributed by atoms with Gasteiger partial charge in [0, 0.05) is 24.5 Å². The molecule has 0 spiro atoms. The van der Waals surface area contributed by atoms with Crippen molar-refractivity contribution >= 4 is 17.6 Å². The molecule has 0 fully saturated rings. The van der Waals surface area contributed by atoms with Crippen molar-refractivity contribution in [2.45, 2.75) is 58.9 Å². The number of aromatic nitrogens is 2. The summed E-state index contributed by atoms with van der Waals surface area (Å²) < 4.78 is 2.27. The van der Waals surface area contributed by atoms with Crippen LogP contribution in [0.5, 0.6) is 0 Å². The first kappa shape index (κ1) is 26.3. The minimum Gasteiger partial charge on any atom is -0.331 e. The smallest absolute Gasteiger partial charge is 0.236 e. The molecule has 4 aromatic rings. The van der Waals surface area contributed by atoms with Crippen LogP contribution >= 0.6 is 0 Å². The molecule has 0 N–H and O–H groups in total. The van der Waals surface area contributed by atoms with Crippen LogP contribution < -0.4 is 10.9 Å². The molecule has 0 aliphatic heterocycles. The first-order valence-corrected chi connectivity index (χ1v) is 13.0. The van der Waals surface area contributed by atoms with E-state index in [2.05, 4.69) is 109 Å². The van der Waals surface area contributed by atoms with Crippen LogP contribution in [0.1, 0.15) is 52.4 Å². The van der Waals surface area contributed by atoms with E-state index in [1.165, 1.54) is 60.5 Å². The molecule has 35 heavy (non-hydrogen) atoms. The first-order valence-electron chi connectivity index (χ1n) is 13.0. The van der Waals surface area contributed by atoms with Gasteiger partial charge >= 0.3 is 0 Å². The molecule has 2 nitrogen and oxygen atoms in total. The highest BCUT2D eigenvalue weighted by atomic mass is 15.1. The number of aryl methyl sites for hydroxylation is 1. The van der Waals surface area contributed by atoms with E-state index < -0.39 is 0 Å². The lowest BCUT2D eigenvalue weighted by molar-refractivity contribution is 0.560. The minimum absolute atomic E-state index is 0.308. The molecule has 0 aliphatic rings. The van der Waals surface area contributed by atoms with Crippen LogP contribution in [0.2, 0.25) is 0 Å². The van der Waals surface area contributed by atoms with E-state index in [0.717, 1.165) is 12.4 Å². The Morgan fingerprint density at radius 1 is 0.743 bits per heavy atom. The third kappa shape index (κ3) is 8.44. The maximum absolute atomic E-state index is 4.48. The first-order chi connectivity index (χ1) is 17.2. The zero-order chi connectivity index (χ0) is 24.7. The lowest BCUT2D eigenvalue weighted by Crippen LogP contribution is -2.43. The quantitative estimate of drug-likeness (QED) is 0.169. The summed E-state index contributed by atoms with van der Waals surface area (Å²) >= 11 is 0. The topological polar surface area (TPSA) is 17.8 Å². The van der Waals surface area contributed by atoms with Gasteiger partial charge in [-0.25, -0.2) is 4.98 Å². The van der Waals surface area contributed by atoms with E-state index in [4.69, 9.17) is 0 Å². The van der Waals surface area contributed by atoms with Gasteiger partial charge in [-0.1, -0.05) is 148 Å². The van der Waals surface area contributed by atoms with Gasteiger partial charge in [-0.15, -0.1) is 12.1 Å². The van der Waals surface area contributed by atoms with Gasteiger partial charge in [0.05, 0.1) is 0 Å². The van der Waals surface area contributed by atoms with Crippen molar-refractivity contribution in [3.05, 3.63) is 115 Å². The molecule has 0 radical (unpaired) electrons. The highest BCUT2D eigenvalue weighted by Crippen LogP contribution is 2.17. The zero-order valence-electron chi connectivity index (χ0n) is 21.4. The SMILES string of the molecule is C=C(C)B(c1ccccc1)c1ccccc1.CCCCCCCCn1ccnc1-c1ccccc1. The number of unbranched alkanes of at least 4 members (excludes halogenated alkanes) is 5. The number of hydrogen-bond acceptors (Lipinski definition) is 1. The average molecular weight is 462 g/mol. The van der Waals surface area contributed by atoms with Crippen molar-refractivity contribution in [3.63, 3.8) is 0 Å². The summed E-state index contributed by atoms with van der Waals surface area (Å²) in [5.41, 5.74) is 5.00. The highest BCUT2D eigenvalue weighted by molar-refractivity contribution is 6.90. The largest absolute Gasteiger partial charge is 0.331 e. The Bertz CT molecular complexity index is 1060. The Kier molecular flexibility index (Phi) is 11.1. The van der Waals surface area contributed by atoms with E-state index in [0.29, 0.717) is 6.71 Å². The van der Waals surface area contributed by atoms with Crippen molar-refractivity contribution in [2.24, 2.45) is 0 Å². The van der Waals surface area contributed by atoms with Gasteiger partial charge < -0.3 is 4.57 Å². The molecule has 1 aromatic heterocycles. The molecule has 0 saturated heterocycles. The van der Waals surface area contributed by atoms with Gasteiger partial charge in [0.2, 0.25) is 6.71 Å². The Hall–Kier alpha value is -3.33. The van der Waals surface area contributed by atoms with E-state index in [-0.39, 0.29) is 0 Å². The summed E-state index contributed by atoms with van der Waals surface area (Å²) in [5.74, 6) is 1.09. The van der Waals surface area contributed by atoms with Crippen molar-refractivity contribution in [1.29, 1.82) is 0 Å². The van der Waals surface area contributed by atoms with Gasteiger partial charge in [0.25, 0.3) is 0 Å². The second-order valence-electron chi connectivity index (χ2n) is 9.18. The number of nitrogens with zero attached hydrogens (tertiary/aromatic N) is 2. The highest BCUT2D eigenvalue weighted by Gasteiger charge is 2.18. The van der Waals surface area contributed by atoms with Gasteiger partial charge in [-0.05, 0) is 6.42 Å². The van der Waals surface area contributed by atoms with Crippen molar-refractivity contribution in [3.8, 4) is 11.4 Å². The maximum Gasteiger partial charge on any atom is 0.236 e. The summed E-state index contributed by atoms with van der Waals surface area (Å²) in [6.07, 6.45) is 12.0. The van der Waals surface area contributed by atoms with Crippen LogP contribution in [0.15, 0.2) is 115 Å². The van der Waals surface area contributed by atoms with Crippen molar-refractivity contribution < 1.29 is 0 Å². The second-order valence-corrected chi connectivity index (χ2v) is 9.18. The normalized spacial score (nSPS) is 10.3. The van der Waals surface area contributed by atoms with E-state index in [1.54, 1.807) is 0 Å². The molecule has 0 saturated carbocycles. The standard InChI is InChI=1S/C17H24N2.C15H15B/c1-2-3-4-5-6-10-14-19-15-13-18-17(19)16-11-8-7-9-12-16;1-13(2)16(14-9-5-3-6-10-14)15-11-7-4-8-12-15/h7-9,11-13,15H,2-6,10,14H2,1H3;3-12H,1H2,2H3. The van der Waals surface area contributed by atoms with Crippen LogP contribution in [0.3, 0.4) is 0 Å². The second kappa shape index (κ2) is 14.8. The zero-order valence-corrected chi connectivity index (χ0v) is 21.4. The van der Waals surface area contributed by atoms with Crippen molar-refractivity contribution in [1.82, 2.24) is 9.55 Å². The van der Waals surface area contributed by atoms with Crippen LogP contribution in [0, 0.1) is 0 Å².